The van der Waals surface area contributed by atoms with Gasteiger partial charge in [-0.2, -0.15) is 10.2 Å². The molecule has 0 aromatic heterocycles. The Morgan fingerprint density at radius 3 is 1.75 bits per heavy atom. The van der Waals surface area contributed by atoms with Crippen LogP contribution in [-0.2, 0) is 12.8 Å². The second kappa shape index (κ2) is 10.3. The van der Waals surface area contributed by atoms with Gasteiger partial charge in [-0.25, -0.2) is 0 Å². The summed E-state index contributed by atoms with van der Waals surface area (Å²) < 4.78 is 0. The smallest absolute Gasteiger partial charge is 0.0568 e. The minimum absolute atomic E-state index is 1.07. The zero-order valence-corrected chi connectivity index (χ0v) is 14.5. The molecule has 0 amide bonds. The molecule has 2 rings (SSSR count). The van der Waals surface area contributed by atoms with Crippen molar-refractivity contribution < 1.29 is 0 Å². The SMILES string of the molecule is C=CCCCc1ccc(/C=N/N=C/c2ccc(CCC)cc2)cc1. The molecule has 0 aliphatic heterocycles. The fourth-order valence-electron chi connectivity index (χ4n) is 2.48. The van der Waals surface area contributed by atoms with Gasteiger partial charge in [-0.15, -0.1) is 6.58 Å². The van der Waals surface area contributed by atoms with Crippen molar-refractivity contribution in [3.8, 4) is 0 Å². The van der Waals surface area contributed by atoms with Crippen LogP contribution in [-0.4, -0.2) is 12.4 Å². The third kappa shape index (κ3) is 6.33. The number of rotatable bonds is 9. The maximum atomic E-state index is 4.13. The van der Waals surface area contributed by atoms with Gasteiger partial charge in [0, 0.05) is 0 Å². The fourth-order valence-corrected chi connectivity index (χ4v) is 2.48. The Bertz CT molecular complexity index is 664. The Hall–Kier alpha value is -2.48. The molecule has 0 unspecified atom stereocenters. The van der Waals surface area contributed by atoms with Gasteiger partial charge in [0.2, 0.25) is 0 Å². The number of aryl methyl sites for hydroxylation is 2. The maximum absolute atomic E-state index is 4.13. The third-order valence-corrected chi connectivity index (χ3v) is 3.85. The highest BCUT2D eigenvalue weighted by Gasteiger charge is 1.93. The maximum Gasteiger partial charge on any atom is 0.0568 e. The minimum Gasteiger partial charge on any atom is -0.159 e. The number of hydrogen-bond donors (Lipinski definition) is 0. The van der Waals surface area contributed by atoms with Gasteiger partial charge in [-0.1, -0.05) is 68.0 Å². The predicted octanol–water partition coefficient (Wildman–Crippen LogP) is 5.60. The van der Waals surface area contributed by atoms with Crippen molar-refractivity contribution in [1.82, 2.24) is 0 Å². The molecule has 0 radical (unpaired) electrons. The highest BCUT2D eigenvalue weighted by Crippen LogP contribution is 2.07. The normalized spacial score (nSPS) is 11.4. The van der Waals surface area contributed by atoms with Crippen molar-refractivity contribution in [2.45, 2.75) is 39.0 Å². The summed E-state index contributed by atoms with van der Waals surface area (Å²) in [6.07, 6.45) is 11.1. The second-order valence-electron chi connectivity index (χ2n) is 5.90. The summed E-state index contributed by atoms with van der Waals surface area (Å²) in [5.41, 5.74) is 4.86. The lowest BCUT2D eigenvalue weighted by Gasteiger charge is -2.00. The van der Waals surface area contributed by atoms with E-state index in [0.717, 1.165) is 36.8 Å². The Morgan fingerprint density at radius 1 is 0.792 bits per heavy atom. The molecule has 0 atom stereocenters. The van der Waals surface area contributed by atoms with E-state index in [9.17, 15) is 0 Å². The topological polar surface area (TPSA) is 24.7 Å². The van der Waals surface area contributed by atoms with Crippen LogP contribution in [0.4, 0.5) is 0 Å². The van der Waals surface area contributed by atoms with Crippen LogP contribution >= 0.6 is 0 Å². The van der Waals surface area contributed by atoms with Gasteiger partial charge in [0.15, 0.2) is 0 Å². The Labute approximate surface area is 145 Å². The van der Waals surface area contributed by atoms with Crippen LogP contribution in [0.3, 0.4) is 0 Å². The zero-order valence-electron chi connectivity index (χ0n) is 14.5. The van der Waals surface area contributed by atoms with E-state index in [1.807, 2.05) is 6.08 Å². The van der Waals surface area contributed by atoms with Crippen LogP contribution in [0.1, 0.15) is 48.4 Å². The van der Waals surface area contributed by atoms with E-state index in [-0.39, 0.29) is 0 Å². The van der Waals surface area contributed by atoms with Crippen molar-refractivity contribution in [1.29, 1.82) is 0 Å². The molecule has 24 heavy (non-hydrogen) atoms. The lowest BCUT2D eigenvalue weighted by molar-refractivity contribution is 0.844. The molecule has 2 nitrogen and oxygen atoms in total. The second-order valence-corrected chi connectivity index (χ2v) is 5.90. The van der Waals surface area contributed by atoms with Gasteiger partial charge in [0.25, 0.3) is 0 Å². The average molecular weight is 318 g/mol. The largest absolute Gasteiger partial charge is 0.159 e. The first-order chi connectivity index (χ1) is 11.8. The summed E-state index contributed by atoms with van der Waals surface area (Å²) in [5, 5.41) is 8.26. The number of benzene rings is 2. The summed E-state index contributed by atoms with van der Waals surface area (Å²) >= 11 is 0. The van der Waals surface area contributed by atoms with E-state index < -0.39 is 0 Å². The molecule has 0 N–H and O–H groups in total. The lowest BCUT2D eigenvalue weighted by Crippen LogP contribution is -1.87. The minimum atomic E-state index is 1.07. The molecule has 0 aliphatic carbocycles. The molecule has 0 fully saturated rings. The number of hydrogen-bond acceptors (Lipinski definition) is 2. The molecule has 0 aliphatic rings. The van der Waals surface area contributed by atoms with Crippen LogP contribution in [0, 0.1) is 0 Å². The van der Waals surface area contributed by atoms with Gasteiger partial charge in [0.05, 0.1) is 12.4 Å². The van der Waals surface area contributed by atoms with E-state index in [2.05, 4.69) is 72.2 Å². The van der Waals surface area contributed by atoms with Gasteiger partial charge < -0.3 is 0 Å². The standard InChI is InChI=1S/C22H26N2/c1-3-5-6-8-20-11-15-22(16-12-20)18-24-23-17-21-13-9-19(7-4-2)10-14-21/h3,9-18H,1,4-8H2,2H3/b23-17+,24-18+. The van der Waals surface area contributed by atoms with E-state index in [0.29, 0.717) is 0 Å². The molecule has 2 aromatic rings. The van der Waals surface area contributed by atoms with Crippen LogP contribution in [0.15, 0.2) is 71.4 Å². The van der Waals surface area contributed by atoms with Crippen LogP contribution < -0.4 is 0 Å². The first kappa shape index (κ1) is 17.9. The zero-order chi connectivity index (χ0) is 17.0. The monoisotopic (exact) mass is 318 g/mol. The Morgan fingerprint density at radius 2 is 1.29 bits per heavy atom. The molecule has 124 valence electrons. The van der Waals surface area contributed by atoms with Crippen molar-refractivity contribution in [3.63, 3.8) is 0 Å². The Balaban J connectivity index is 1.85. The van der Waals surface area contributed by atoms with Crippen LogP contribution in [0.2, 0.25) is 0 Å². The first-order valence-corrected chi connectivity index (χ1v) is 8.67. The molecule has 0 heterocycles. The van der Waals surface area contributed by atoms with Crippen LogP contribution in [0.25, 0.3) is 0 Å². The van der Waals surface area contributed by atoms with Gasteiger partial charge in [0.1, 0.15) is 0 Å². The van der Waals surface area contributed by atoms with E-state index in [4.69, 9.17) is 0 Å². The van der Waals surface area contributed by atoms with E-state index >= 15 is 0 Å². The molecular formula is C22H26N2. The van der Waals surface area contributed by atoms with Crippen molar-refractivity contribution >= 4 is 12.4 Å². The van der Waals surface area contributed by atoms with E-state index in [1.165, 1.54) is 17.5 Å². The number of nitrogens with zero attached hydrogens (tertiary/aromatic N) is 2. The summed E-state index contributed by atoms with van der Waals surface area (Å²) in [4.78, 5) is 0. The van der Waals surface area contributed by atoms with Crippen molar-refractivity contribution in [3.05, 3.63) is 83.4 Å². The highest BCUT2D eigenvalue weighted by atomic mass is 15.2. The van der Waals surface area contributed by atoms with Gasteiger partial charge in [-0.05, 0) is 47.9 Å². The van der Waals surface area contributed by atoms with Crippen molar-refractivity contribution in [2.75, 3.05) is 0 Å². The quantitative estimate of drug-likeness (QED) is 0.249. The average Bonchev–Trinajstić information content (AvgIpc) is 2.62. The molecule has 2 aromatic carbocycles. The summed E-state index contributed by atoms with van der Waals surface area (Å²) in [6, 6.07) is 17.0. The third-order valence-electron chi connectivity index (χ3n) is 3.85. The molecule has 0 saturated heterocycles. The fraction of sp³-hybridized carbons (Fsp3) is 0.273. The lowest BCUT2D eigenvalue weighted by atomic mass is 10.1. The summed E-state index contributed by atoms with van der Waals surface area (Å²) in [7, 11) is 0. The first-order valence-electron chi connectivity index (χ1n) is 8.67. The Kier molecular flexibility index (Phi) is 7.69. The van der Waals surface area contributed by atoms with Crippen LogP contribution in [0.5, 0.6) is 0 Å². The molecule has 0 spiro atoms. The molecule has 0 saturated carbocycles. The van der Waals surface area contributed by atoms with Crippen molar-refractivity contribution in [2.24, 2.45) is 10.2 Å². The number of allylic oxidation sites excluding steroid dienone is 1. The van der Waals surface area contributed by atoms with Gasteiger partial charge in [-0.3, -0.25) is 0 Å². The summed E-state index contributed by atoms with van der Waals surface area (Å²) in [5.74, 6) is 0. The van der Waals surface area contributed by atoms with Gasteiger partial charge >= 0.3 is 0 Å². The molecular weight excluding hydrogens is 292 g/mol. The highest BCUT2D eigenvalue weighted by molar-refractivity contribution is 5.82. The van der Waals surface area contributed by atoms with E-state index in [1.54, 1.807) is 12.4 Å². The molecule has 2 heteroatoms. The molecule has 0 bridgehead atoms. The summed E-state index contributed by atoms with van der Waals surface area (Å²) in [6.45, 7) is 5.94. The number of unbranched alkanes of at least 4 members (excludes halogenated alkanes) is 1. The predicted molar refractivity (Wildman–Crippen MR) is 105 cm³/mol.